The highest BCUT2D eigenvalue weighted by molar-refractivity contribution is 7.92. The molecule has 5 heteroatoms. The molecule has 2 aromatic rings. The van der Waals surface area contributed by atoms with Gasteiger partial charge < -0.3 is 5.11 Å². The van der Waals surface area contributed by atoms with Crippen LogP contribution in [0.5, 0.6) is 5.75 Å². The molecule has 112 valence electrons. The van der Waals surface area contributed by atoms with Gasteiger partial charge in [0.25, 0.3) is 10.0 Å². The van der Waals surface area contributed by atoms with Crippen molar-refractivity contribution in [3.63, 3.8) is 0 Å². The van der Waals surface area contributed by atoms with Crippen molar-refractivity contribution in [2.45, 2.75) is 31.1 Å². The normalized spacial score (nSPS) is 12.9. The van der Waals surface area contributed by atoms with Crippen molar-refractivity contribution in [2.75, 3.05) is 4.72 Å². The van der Waals surface area contributed by atoms with Crippen LogP contribution in [0, 0.1) is 0 Å². The van der Waals surface area contributed by atoms with Gasteiger partial charge in [-0.1, -0.05) is 26.0 Å². The lowest BCUT2D eigenvalue weighted by Gasteiger charge is -2.11. The molecule has 0 amide bonds. The molecule has 0 bridgehead atoms. The van der Waals surface area contributed by atoms with Crippen LogP contribution >= 0.6 is 0 Å². The number of rotatable bonds is 5. The number of nitrogens with one attached hydrogen (secondary N) is 1. The van der Waals surface area contributed by atoms with Gasteiger partial charge in [0, 0.05) is 5.69 Å². The minimum atomic E-state index is -3.61. The van der Waals surface area contributed by atoms with E-state index in [1.165, 1.54) is 24.3 Å². The van der Waals surface area contributed by atoms with Crippen LogP contribution in [0.2, 0.25) is 0 Å². The Labute approximate surface area is 125 Å². The lowest BCUT2D eigenvalue weighted by Crippen LogP contribution is -2.12. The van der Waals surface area contributed by atoms with Gasteiger partial charge in [-0.2, -0.15) is 0 Å². The predicted molar refractivity (Wildman–Crippen MR) is 84.1 cm³/mol. The Kier molecular flexibility index (Phi) is 4.53. The molecule has 21 heavy (non-hydrogen) atoms. The van der Waals surface area contributed by atoms with Gasteiger partial charge in [0.2, 0.25) is 0 Å². The van der Waals surface area contributed by atoms with E-state index in [4.69, 9.17) is 0 Å². The summed E-state index contributed by atoms with van der Waals surface area (Å²) in [5.74, 6) is 0.502. The maximum atomic E-state index is 12.3. The standard InChI is InChI=1S/C16H19NO3S/c1-3-12(2)13-4-10-16(11-5-13)21(19,20)17-14-6-8-15(18)9-7-14/h4-12,17-18H,3H2,1-2H3. The molecule has 0 spiro atoms. The van der Waals surface area contributed by atoms with Crippen molar-refractivity contribution in [1.29, 1.82) is 0 Å². The van der Waals surface area contributed by atoms with Gasteiger partial charge in [-0.05, 0) is 54.3 Å². The second kappa shape index (κ2) is 6.18. The van der Waals surface area contributed by atoms with Gasteiger partial charge in [-0.3, -0.25) is 4.72 Å². The lowest BCUT2D eigenvalue weighted by molar-refractivity contribution is 0.475. The Morgan fingerprint density at radius 1 is 1.05 bits per heavy atom. The van der Waals surface area contributed by atoms with E-state index in [0.717, 1.165) is 12.0 Å². The van der Waals surface area contributed by atoms with Crippen LogP contribution in [0.15, 0.2) is 53.4 Å². The van der Waals surface area contributed by atoms with Crippen molar-refractivity contribution < 1.29 is 13.5 Å². The average Bonchev–Trinajstić information content (AvgIpc) is 2.49. The molecule has 2 rings (SSSR count). The van der Waals surface area contributed by atoms with Gasteiger partial charge >= 0.3 is 0 Å². The number of phenolic OH excluding ortho intramolecular Hbond substituents is 1. The maximum Gasteiger partial charge on any atom is 0.261 e. The Hall–Kier alpha value is -2.01. The van der Waals surface area contributed by atoms with Gasteiger partial charge in [0.15, 0.2) is 0 Å². The molecule has 2 N–H and O–H groups in total. The number of sulfonamides is 1. The maximum absolute atomic E-state index is 12.3. The third kappa shape index (κ3) is 3.76. The largest absolute Gasteiger partial charge is 0.508 e. The summed E-state index contributed by atoms with van der Waals surface area (Å²) >= 11 is 0. The van der Waals surface area contributed by atoms with Crippen molar-refractivity contribution in [3.8, 4) is 5.75 Å². The summed E-state index contributed by atoms with van der Waals surface area (Å²) in [7, 11) is -3.61. The molecule has 0 saturated carbocycles. The van der Waals surface area contributed by atoms with E-state index in [2.05, 4.69) is 18.6 Å². The first-order valence-electron chi connectivity index (χ1n) is 6.84. The monoisotopic (exact) mass is 305 g/mol. The Morgan fingerprint density at radius 3 is 2.14 bits per heavy atom. The molecule has 0 fully saturated rings. The topological polar surface area (TPSA) is 66.4 Å². The minimum absolute atomic E-state index is 0.0934. The van der Waals surface area contributed by atoms with Gasteiger partial charge in [0.1, 0.15) is 5.75 Å². The fourth-order valence-electron chi connectivity index (χ4n) is 1.95. The molecule has 0 aliphatic carbocycles. The molecule has 2 aromatic carbocycles. The number of phenols is 1. The number of benzene rings is 2. The molecule has 0 heterocycles. The van der Waals surface area contributed by atoms with E-state index >= 15 is 0 Å². The van der Waals surface area contributed by atoms with E-state index in [9.17, 15) is 13.5 Å². The zero-order chi connectivity index (χ0) is 15.5. The van der Waals surface area contributed by atoms with Gasteiger partial charge in [-0.25, -0.2) is 8.42 Å². The second-order valence-corrected chi connectivity index (χ2v) is 6.71. The quantitative estimate of drug-likeness (QED) is 0.828. The zero-order valence-electron chi connectivity index (χ0n) is 12.1. The van der Waals surface area contributed by atoms with E-state index in [0.29, 0.717) is 11.6 Å². The van der Waals surface area contributed by atoms with Crippen LogP contribution in [0.25, 0.3) is 0 Å². The predicted octanol–water partition coefficient (Wildman–Crippen LogP) is 3.71. The van der Waals surface area contributed by atoms with Crippen molar-refractivity contribution in [3.05, 3.63) is 54.1 Å². The molecule has 4 nitrogen and oxygen atoms in total. The van der Waals surface area contributed by atoms with Crippen LogP contribution in [0.4, 0.5) is 5.69 Å². The van der Waals surface area contributed by atoms with Crippen molar-refractivity contribution >= 4 is 15.7 Å². The zero-order valence-corrected chi connectivity index (χ0v) is 12.9. The van der Waals surface area contributed by atoms with Crippen LogP contribution in [0.3, 0.4) is 0 Å². The van der Waals surface area contributed by atoms with Gasteiger partial charge in [-0.15, -0.1) is 0 Å². The number of anilines is 1. The summed E-state index contributed by atoms with van der Waals surface area (Å²) in [4.78, 5) is 0.225. The highest BCUT2D eigenvalue weighted by atomic mass is 32.2. The fraction of sp³-hybridized carbons (Fsp3) is 0.250. The summed E-state index contributed by atoms with van der Waals surface area (Å²) in [6, 6.07) is 12.8. The Morgan fingerprint density at radius 2 is 1.62 bits per heavy atom. The lowest BCUT2D eigenvalue weighted by atomic mass is 9.99. The second-order valence-electron chi connectivity index (χ2n) is 5.03. The molecule has 0 aliphatic rings. The average molecular weight is 305 g/mol. The first-order valence-corrected chi connectivity index (χ1v) is 8.32. The van der Waals surface area contributed by atoms with Crippen LogP contribution in [-0.4, -0.2) is 13.5 Å². The highest BCUT2D eigenvalue weighted by Gasteiger charge is 2.14. The molecule has 1 unspecified atom stereocenters. The van der Waals surface area contributed by atoms with Gasteiger partial charge in [0.05, 0.1) is 4.90 Å². The Balaban J connectivity index is 2.21. The number of hydrogen-bond donors (Lipinski definition) is 2. The SMILES string of the molecule is CCC(C)c1ccc(S(=O)(=O)Nc2ccc(O)cc2)cc1. The molecule has 0 saturated heterocycles. The molecular formula is C16H19NO3S. The van der Waals surface area contributed by atoms with E-state index < -0.39 is 10.0 Å². The minimum Gasteiger partial charge on any atom is -0.508 e. The first kappa shape index (κ1) is 15.4. The third-order valence-corrected chi connectivity index (χ3v) is 4.89. The number of aromatic hydroxyl groups is 1. The van der Waals surface area contributed by atoms with Crippen LogP contribution in [-0.2, 0) is 10.0 Å². The van der Waals surface area contributed by atoms with E-state index in [-0.39, 0.29) is 10.6 Å². The summed E-state index contributed by atoms with van der Waals surface area (Å²) in [5, 5.41) is 9.20. The summed E-state index contributed by atoms with van der Waals surface area (Å²) < 4.78 is 27.0. The van der Waals surface area contributed by atoms with E-state index in [1.807, 2.05) is 12.1 Å². The Bertz CT molecular complexity index is 691. The molecule has 0 radical (unpaired) electrons. The molecule has 1 atom stereocenters. The first-order chi connectivity index (χ1) is 9.92. The summed E-state index contributed by atoms with van der Waals surface area (Å²) in [6.45, 7) is 4.21. The van der Waals surface area contributed by atoms with Crippen LogP contribution < -0.4 is 4.72 Å². The third-order valence-electron chi connectivity index (χ3n) is 3.49. The van der Waals surface area contributed by atoms with E-state index in [1.54, 1.807) is 12.1 Å². The van der Waals surface area contributed by atoms with Crippen molar-refractivity contribution in [2.24, 2.45) is 0 Å². The van der Waals surface area contributed by atoms with Crippen molar-refractivity contribution in [1.82, 2.24) is 0 Å². The molecule has 0 aliphatic heterocycles. The molecule has 0 aromatic heterocycles. The summed E-state index contributed by atoms with van der Waals surface area (Å²) in [6.07, 6.45) is 1.01. The highest BCUT2D eigenvalue weighted by Crippen LogP contribution is 2.22. The molecular weight excluding hydrogens is 286 g/mol. The van der Waals surface area contributed by atoms with Crippen LogP contribution in [0.1, 0.15) is 31.7 Å². The summed E-state index contributed by atoms with van der Waals surface area (Å²) in [5.41, 5.74) is 1.54. The fourth-order valence-corrected chi connectivity index (χ4v) is 3.01. The smallest absolute Gasteiger partial charge is 0.261 e. The number of hydrogen-bond acceptors (Lipinski definition) is 3.